The highest BCUT2D eigenvalue weighted by Gasteiger charge is 2.13. The van der Waals surface area contributed by atoms with Crippen molar-refractivity contribution in [3.8, 4) is 0 Å². The minimum atomic E-state index is -0.794. The molecule has 94 valence electrons. The highest BCUT2D eigenvalue weighted by Crippen LogP contribution is 2.18. The standard InChI is InChI=1S/C12H10F2N2OS/c1-7-15-8(6-18-7)5-11(17)16-12-9(13)3-2-4-10(12)14/h2-4,6H,5H2,1H3,(H,16,17). The first-order valence-corrected chi connectivity index (χ1v) is 6.09. The van der Waals surface area contributed by atoms with E-state index in [0.29, 0.717) is 5.69 Å². The monoisotopic (exact) mass is 268 g/mol. The van der Waals surface area contributed by atoms with Gasteiger partial charge in [0.25, 0.3) is 0 Å². The van der Waals surface area contributed by atoms with Crippen molar-refractivity contribution in [1.29, 1.82) is 0 Å². The molecule has 0 fully saturated rings. The lowest BCUT2D eigenvalue weighted by Gasteiger charge is -2.06. The molecule has 0 saturated heterocycles. The average molecular weight is 268 g/mol. The van der Waals surface area contributed by atoms with Crippen molar-refractivity contribution in [2.45, 2.75) is 13.3 Å². The fourth-order valence-electron chi connectivity index (χ4n) is 1.45. The first-order chi connectivity index (χ1) is 8.56. The lowest BCUT2D eigenvalue weighted by atomic mass is 10.2. The number of hydrogen-bond donors (Lipinski definition) is 1. The number of thiazole rings is 1. The number of para-hydroxylation sites is 1. The minimum absolute atomic E-state index is 0.00187. The Hall–Kier alpha value is -1.82. The molecule has 0 aliphatic carbocycles. The number of amides is 1. The number of anilines is 1. The van der Waals surface area contributed by atoms with Crippen molar-refractivity contribution in [3.05, 3.63) is 45.9 Å². The molecule has 6 heteroatoms. The van der Waals surface area contributed by atoms with Crippen LogP contribution in [0.15, 0.2) is 23.6 Å². The maximum absolute atomic E-state index is 13.3. The normalized spacial score (nSPS) is 10.4. The molecular formula is C12H10F2N2OS. The number of aryl methyl sites for hydroxylation is 1. The van der Waals surface area contributed by atoms with Crippen molar-refractivity contribution in [3.63, 3.8) is 0 Å². The summed E-state index contributed by atoms with van der Waals surface area (Å²) in [6, 6.07) is 3.42. The molecule has 0 radical (unpaired) electrons. The Balaban J connectivity index is 2.08. The van der Waals surface area contributed by atoms with E-state index >= 15 is 0 Å². The van der Waals surface area contributed by atoms with Gasteiger partial charge in [-0.15, -0.1) is 11.3 Å². The third kappa shape index (κ3) is 2.89. The predicted octanol–water partition coefficient (Wildman–Crippen LogP) is 2.91. The molecular weight excluding hydrogens is 258 g/mol. The number of nitrogens with one attached hydrogen (secondary N) is 1. The predicted molar refractivity (Wildman–Crippen MR) is 65.5 cm³/mol. The second-order valence-electron chi connectivity index (χ2n) is 3.68. The van der Waals surface area contributed by atoms with E-state index < -0.39 is 23.2 Å². The maximum Gasteiger partial charge on any atom is 0.230 e. The summed E-state index contributed by atoms with van der Waals surface area (Å²) >= 11 is 1.42. The molecule has 0 aliphatic heterocycles. The minimum Gasteiger partial charge on any atom is -0.321 e. The molecule has 1 aromatic carbocycles. The zero-order valence-corrected chi connectivity index (χ0v) is 10.4. The number of hydrogen-bond acceptors (Lipinski definition) is 3. The molecule has 0 bridgehead atoms. The van der Waals surface area contributed by atoms with Gasteiger partial charge < -0.3 is 5.32 Å². The van der Waals surface area contributed by atoms with Crippen molar-refractivity contribution < 1.29 is 13.6 Å². The smallest absolute Gasteiger partial charge is 0.230 e. The van der Waals surface area contributed by atoms with Gasteiger partial charge in [-0.25, -0.2) is 13.8 Å². The van der Waals surface area contributed by atoms with Gasteiger partial charge in [0.2, 0.25) is 5.91 Å². The number of carbonyl (C=O) groups is 1. The summed E-state index contributed by atoms with van der Waals surface area (Å²) < 4.78 is 26.6. The number of benzene rings is 1. The van der Waals surface area contributed by atoms with E-state index in [2.05, 4.69) is 10.3 Å². The Morgan fingerprint density at radius 1 is 1.39 bits per heavy atom. The van der Waals surface area contributed by atoms with Crippen LogP contribution >= 0.6 is 11.3 Å². The summed E-state index contributed by atoms with van der Waals surface area (Å²) in [5, 5.41) is 4.80. The third-order valence-corrected chi connectivity index (χ3v) is 3.06. The molecule has 18 heavy (non-hydrogen) atoms. The van der Waals surface area contributed by atoms with Crippen molar-refractivity contribution in [2.24, 2.45) is 0 Å². The topological polar surface area (TPSA) is 42.0 Å². The van der Waals surface area contributed by atoms with Gasteiger partial charge in [-0.2, -0.15) is 0 Å². The molecule has 0 aliphatic rings. The van der Waals surface area contributed by atoms with Crippen LogP contribution in [0.3, 0.4) is 0 Å². The quantitative estimate of drug-likeness (QED) is 0.930. The van der Waals surface area contributed by atoms with Gasteiger partial charge in [-0.05, 0) is 19.1 Å². The molecule has 0 atom stereocenters. The Morgan fingerprint density at radius 2 is 2.06 bits per heavy atom. The molecule has 0 spiro atoms. The molecule has 1 heterocycles. The summed E-state index contributed by atoms with van der Waals surface area (Å²) in [7, 11) is 0. The van der Waals surface area contributed by atoms with Gasteiger partial charge in [-0.3, -0.25) is 4.79 Å². The molecule has 0 unspecified atom stereocenters. The van der Waals surface area contributed by atoms with Crippen LogP contribution in [0.1, 0.15) is 10.7 Å². The Labute approximate surface area is 106 Å². The number of carbonyl (C=O) groups excluding carboxylic acids is 1. The van der Waals surface area contributed by atoms with Gasteiger partial charge in [0.05, 0.1) is 17.1 Å². The first kappa shape index (κ1) is 12.6. The van der Waals surface area contributed by atoms with Crippen LogP contribution < -0.4 is 5.32 Å². The SMILES string of the molecule is Cc1nc(CC(=O)Nc2c(F)cccc2F)cs1. The molecule has 1 N–H and O–H groups in total. The summed E-state index contributed by atoms with van der Waals surface area (Å²) in [4.78, 5) is 15.7. The fraction of sp³-hybridized carbons (Fsp3) is 0.167. The molecule has 1 aromatic heterocycles. The number of rotatable bonds is 3. The van der Waals surface area contributed by atoms with Gasteiger partial charge in [-0.1, -0.05) is 6.07 Å². The van der Waals surface area contributed by atoms with Crippen molar-refractivity contribution in [1.82, 2.24) is 4.98 Å². The van der Waals surface area contributed by atoms with Gasteiger partial charge in [0.15, 0.2) is 0 Å². The number of halogens is 2. The molecule has 3 nitrogen and oxygen atoms in total. The summed E-state index contributed by atoms with van der Waals surface area (Å²) in [6.07, 6.45) is -0.00187. The van der Waals surface area contributed by atoms with Crippen LogP contribution in [0, 0.1) is 18.6 Å². The average Bonchev–Trinajstić information content (AvgIpc) is 2.69. The van der Waals surface area contributed by atoms with Crippen LogP contribution in [0.2, 0.25) is 0 Å². The van der Waals surface area contributed by atoms with Gasteiger partial charge >= 0.3 is 0 Å². The highest BCUT2D eigenvalue weighted by molar-refractivity contribution is 7.09. The molecule has 0 saturated carbocycles. The second kappa shape index (κ2) is 5.22. The second-order valence-corrected chi connectivity index (χ2v) is 4.74. The largest absolute Gasteiger partial charge is 0.321 e. The molecule has 1 amide bonds. The Bertz CT molecular complexity index is 563. The maximum atomic E-state index is 13.3. The number of nitrogens with zero attached hydrogens (tertiary/aromatic N) is 1. The first-order valence-electron chi connectivity index (χ1n) is 5.21. The van der Waals surface area contributed by atoms with E-state index in [1.807, 2.05) is 6.92 Å². The van der Waals surface area contributed by atoms with Crippen LogP contribution in [-0.4, -0.2) is 10.9 Å². The zero-order valence-electron chi connectivity index (χ0n) is 9.54. The lowest BCUT2D eigenvalue weighted by molar-refractivity contribution is -0.115. The zero-order chi connectivity index (χ0) is 13.1. The Kier molecular flexibility index (Phi) is 3.66. The van der Waals surface area contributed by atoms with E-state index in [-0.39, 0.29) is 6.42 Å². The third-order valence-electron chi connectivity index (χ3n) is 2.24. The number of aromatic nitrogens is 1. The van der Waals surface area contributed by atoms with E-state index in [1.54, 1.807) is 5.38 Å². The van der Waals surface area contributed by atoms with Crippen LogP contribution in [0.4, 0.5) is 14.5 Å². The highest BCUT2D eigenvalue weighted by atomic mass is 32.1. The van der Waals surface area contributed by atoms with Crippen LogP contribution in [0.5, 0.6) is 0 Å². The van der Waals surface area contributed by atoms with Crippen molar-refractivity contribution >= 4 is 22.9 Å². The van der Waals surface area contributed by atoms with Gasteiger partial charge in [0, 0.05) is 5.38 Å². The Morgan fingerprint density at radius 3 is 2.61 bits per heavy atom. The van der Waals surface area contributed by atoms with Crippen LogP contribution in [-0.2, 0) is 11.2 Å². The fourth-order valence-corrected chi connectivity index (χ4v) is 2.07. The van der Waals surface area contributed by atoms with E-state index in [1.165, 1.54) is 17.4 Å². The summed E-state index contributed by atoms with van der Waals surface area (Å²) in [5.41, 5.74) is 0.168. The molecule has 2 rings (SSSR count). The lowest BCUT2D eigenvalue weighted by Crippen LogP contribution is -2.16. The summed E-state index contributed by atoms with van der Waals surface area (Å²) in [6.45, 7) is 1.82. The van der Waals surface area contributed by atoms with E-state index in [9.17, 15) is 13.6 Å². The summed E-state index contributed by atoms with van der Waals surface area (Å²) in [5.74, 6) is -2.08. The van der Waals surface area contributed by atoms with Crippen molar-refractivity contribution in [2.75, 3.05) is 5.32 Å². The molecule has 2 aromatic rings. The van der Waals surface area contributed by atoms with Gasteiger partial charge in [0.1, 0.15) is 17.3 Å². The van der Waals surface area contributed by atoms with Crippen LogP contribution in [0.25, 0.3) is 0 Å². The van der Waals surface area contributed by atoms with E-state index in [0.717, 1.165) is 17.1 Å². The van der Waals surface area contributed by atoms with E-state index in [4.69, 9.17) is 0 Å².